The molecule has 82 valence electrons. The van der Waals surface area contributed by atoms with Crippen LogP contribution in [0.15, 0.2) is 0 Å². The maximum absolute atomic E-state index is 10.1. The van der Waals surface area contributed by atoms with Crippen molar-refractivity contribution >= 4 is 23.5 Å². The van der Waals surface area contributed by atoms with Gasteiger partial charge in [0.05, 0.1) is 5.60 Å². The molecule has 0 aromatic rings. The summed E-state index contributed by atoms with van der Waals surface area (Å²) in [6.45, 7) is 3.07. The predicted octanol–water partition coefficient (Wildman–Crippen LogP) is 1.34. The number of hydrogen-bond donors (Lipinski definition) is 2. The third-order valence-electron chi connectivity index (χ3n) is 3.15. The van der Waals surface area contributed by atoms with E-state index in [-0.39, 0.29) is 0 Å². The van der Waals surface area contributed by atoms with E-state index in [4.69, 9.17) is 0 Å². The van der Waals surface area contributed by atoms with Gasteiger partial charge in [-0.2, -0.15) is 23.5 Å². The standard InChI is InChI=1S/C10H19NOS2/c1-8-9(2-4-14-8)11-6-10(12)3-5-13-7-10/h8-9,11-12H,2-7H2,1H3. The molecule has 0 aromatic heterocycles. The van der Waals surface area contributed by atoms with Crippen LogP contribution in [-0.4, -0.2) is 45.8 Å². The van der Waals surface area contributed by atoms with Crippen molar-refractivity contribution in [2.75, 3.05) is 23.8 Å². The Morgan fingerprint density at radius 3 is 2.93 bits per heavy atom. The Morgan fingerprint density at radius 1 is 1.50 bits per heavy atom. The summed E-state index contributed by atoms with van der Waals surface area (Å²) in [6, 6.07) is 0.620. The molecule has 0 aliphatic carbocycles. The molecule has 3 atom stereocenters. The predicted molar refractivity (Wildman–Crippen MR) is 65.2 cm³/mol. The van der Waals surface area contributed by atoms with Gasteiger partial charge in [0.25, 0.3) is 0 Å². The van der Waals surface area contributed by atoms with E-state index in [0.29, 0.717) is 11.3 Å². The molecule has 2 aliphatic heterocycles. The Bertz CT molecular complexity index is 195. The summed E-state index contributed by atoms with van der Waals surface area (Å²) >= 11 is 3.91. The zero-order chi connectivity index (χ0) is 10.0. The minimum absolute atomic E-state index is 0.419. The van der Waals surface area contributed by atoms with E-state index < -0.39 is 5.60 Å². The summed E-state index contributed by atoms with van der Waals surface area (Å²) in [5.74, 6) is 3.30. The monoisotopic (exact) mass is 233 g/mol. The normalized spacial score (nSPS) is 43.3. The minimum atomic E-state index is -0.419. The van der Waals surface area contributed by atoms with Crippen molar-refractivity contribution in [2.45, 2.75) is 36.7 Å². The molecule has 2 saturated heterocycles. The summed E-state index contributed by atoms with van der Waals surface area (Å²) in [5.41, 5.74) is -0.419. The van der Waals surface area contributed by atoms with Crippen molar-refractivity contribution in [1.29, 1.82) is 0 Å². The van der Waals surface area contributed by atoms with Crippen LogP contribution in [-0.2, 0) is 0 Å². The number of aliphatic hydroxyl groups is 1. The van der Waals surface area contributed by atoms with Crippen LogP contribution in [0.3, 0.4) is 0 Å². The van der Waals surface area contributed by atoms with Crippen LogP contribution in [0.25, 0.3) is 0 Å². The fraction of sp³-hybridized carbons (Fsp3) is 1.00. The first-order valence-corrected chi connectivity index (χ1v) is 7.55. The Labute approximate surface area is 94.6 Å². The van der Waals surface area contributed by atoms with Crippen molar-refractivity contribution in [3.05, 3.63) is 0 Å². The molecule has 2 rings (SSSR count). The van der Waals surface area contributed by atoms with Crippen LogP contribution in [0, 0.1) is 0 Å². The van der Waals surface area contributed by atoms with E-state index >= 15 is 0 Å². The lowest BCUT2D eigenvalue weighted by molar-refractivity contribution is 0.0647. The van der Waals surface area contributed by atoms with E-state index in [1.54, 1.807) is 0 Å². The van der Waals surface area contributed by atoms with Gasteiger partial charge in [-0.25, -0.2) is 0 Å². The smallest absolute Gasteiger partial charge is 0.0869 e. The highest BCUT2D eigenvalue weighted by atomic mass is 32.2. The third-order valence-corrected chi connectivity index (χ3v) is 5.71. The lowest BCUT2D eigenvalue weighted by Crippen LogP contribution is -2.46. The van der Waals surface area contributed by atoms with Gasteiger partial charge in [0.1, 0.15) is 0 Å². The van der Waals surface area contributed by atoms with Gasteiger partial charge >= 0.3 is 0 Å². The average molecular weight is 233 g/mol. The highest BCUT2D eigenvalue weighted by Gasteiger charge is 2.33. The summed E-state index contributed by atoms with van der Waals surface area (Å²) in [7, 11) is 0. The lowest BCUT2D eigenvalue weighted by Gasteiger charge is -2.25. The van der Waals surface area contributed by atoms with E-state index in [9.17, 15) is 5.11 Å². The maximum Gasteiger partial charge on any atom is 0.0869 e. The first kappa shape index (κ1) is 11.1. The summed E-state index contributed by atoms with van der Waals surface area (Å²) in [5, 5.41) is 14.4. The fourth-order valence-electron chi connectivity index (χ4n) is 2.06. The lowest BCUT2D eigenvalue weighted by atomic mass is 10.0. The maximum atomic E-state index is 10.1. The van der Waals surface area contributed by atoms with Crippen molar-refractivity contribution in [2.24, 2.45) is 0 Å². The summed E-state index contributed by atoms with van der Waals surface area (Å²) < 4.78 is 0. The molecule has 2 aliphatic rings. The molecule has 2 fully saturated rings. The van der Waals surface area contributed by atoms with E-state index in [1.165, 1.54) is 12.2 Å². The third kappa shape index (κ3) is 2.60. The topological polar surface area (TPSA) is 32.3 Å². The zero-order valence-corrected chi connectivity index (χ0v) is 10.3. The Kier molecular flexibility index (Phi) is 3.68. The molecular formula is C10H19NOS2. The Balaban J connectivity index is 1.75. The molecule has 0 aromatic carbocycles. The molecule has 0 amide bonds. The van der Waals surface area contributed by atoms with Crippen LogP contribution in [0.5, 0.6) is 0 Å². The number of nitrogens with one attached hydrogen (secondary N) is 1. The summed E-state index contributed by atoms with van der Waals surface area (Å²) in [4.78, 5) is 0. The molecule has 14 heavy (non-hydrogen) atoms. The molecule has 0 spiro atoms. The van der Waals surface area contributed by atoms with Crippen LogP contribution < -0.4 is 5.32 Å². The number of hydrogen-bond acceptors (Lipinski definition) is 4. The Morgan fingerprint density at radius 2 is 2.36 bits per heavy atom. The van der Waals surface area contributed by atoms with Gasteiger partial charge in [-0.1, -0.05) is 6.92 Å². The van der Waals surface area contributed by atoms with Crippen molar-refractivity contribution in [3.8, 4) is 0 Å². The van der Waals surface area contributed by atoms with Gasteiger partial charge < -0.3 is 10.4 Å². The minimum Gasteiger partial charge on any atom is -0.388 e. The van der Waals surface area contributed by atoms with Crippen LogP contribution in [0.4, 0.5) is 0 Å². The van der Waals surface area contributed by atoms with Gasteiger partial charge in [-0.3, -0.25) is 0 Å². The van der Waals surface area contributed by atoms with Gasteiger partial charge in [0.2, 0.25) is 0 Å². The van der Waals surface area contributed by atoms with E-state index in [0.717, 1.165) is 24.5 Å². The SMILES string of the molecule is CC1SCCC1NCC1(O)CCSC1. The van der Waals surface area contributed by atoms with Crippen molar-refractivity contribution < 1.29 is 5.11 Å². The van der Waals surface area contributed by atoms with Crippen molar-refractivity contribution in [3.63, 3.8) is 0 Å². The van der Waals surface area contributed by atoms with Gasteiger partial charge in [-0.15, -0.1) is 0 Å². The summed E-state index contributed by atoms with van der Waals surface area (Å²) in [6.07, 6.45) is 2.22. The number of thioether (sulfide) groups is 2. The molecular weight excluding hydrogens is 214 g/mol. The molecule has 4 heteroatoms. The van der Waals surface area contributed by atoms with Crippen LogP contribution >= 0.6 is 23.5 Å². The van der Waals surface area contributed by atoms with Crippen LogP contribution in [0.1, 0.15) is 19.8 Å². The fourth-order valence-corrected chi connectivity index (χ4v) is 4.58. The van der Waals surface area contributed by atoms with E-state index in [1.807, 2.05) is 23.5 Å². The molecule has 0 saturated carbocycles. The highest BCUT2D eigenvalue weighted by Crippen LogP contribution is 2.29. The molecule has 3 unspecified atom stereocenters. The molecule has 0 bridgehead atoms. The molecule has 2 nitrogen and oxygen atoms in total. The highest BCUT2D eigenvalue weighted by molar-refractivity contribution is 8.00. The van der Waals surface area contributed by atoms with Gasteiger partial charge in [0, 0.05) is 23.6 Å². The second-order valence-corrected chi connectivity index (χ2v) is 6.97. The van der Waals surface area contributed by atoms with E-state index in [2.05, 4.69) is 12.2 Å². The zero-order valence-electron chi connectivity index (χ0n) is 8.66. The second-order valence-electron chi connectivity index (χ2n) is 4.38. The first-order chi connectivity index (χ1) is 6.70. The van der Waals surface area contributed by atoms with Crippen molar-refractivity contribution in [1.82, 2.24) is 5.32 Å². The Hall–Kier alpha value is 0.620. The largest absolute Gasteiger partial charge is 0.388 e. The van der Waals surface area contributed by atoms with Gasteiger partial charge in [-0.05, 0) is 24.3 Å². The van der Waals surface area contributed by atoms with Crippen LogP contribution in [0.2, 0.25) is 0 Å². The molecule has 2 heterocycles. The average Bonchev–Trinajstić information content (AvgIpc) is 2.73. The molecule has 0 radical (unpaired) electrons. The van der Waals surface area contributed by atoms with Gasteiger partial charge in [0.15, 0.2) is 0 Å². The quantitative estimate of drug-likeness (QED) is 0.770. The number of rotatable bonds is 3. The molecule has 2 N–H and O–H groups in total. The second kappa shape index (κ2) is 4.64. The first-order valence-electron chi connectivity index (χ1n) is 5.35.